The van der Waals surface area contributed by atoms with Crippen molar-refractivity contribution in [1.82, 2.24) is 10.2 Å². The zero-order valence-electron chi connectivity index (χ0n) is 13.3. The molecule has 2 unspecified atom stereocenters. The fourth-order valence-electron chi connectivity index (χ4n) is 3.46. The number of rotatable bonds is 8. The van der Waals surface area contributed by atoms with E-state index in [2.05, 4.69) is 31.1 Å². The minimum Gasteiger partial charge on any atom is -0.314 e. The summed E-state index contributed by atoms with van der Waals surface area (Å²) in [6.07, 6.45) is 11.6. The molecule has 2 aliphatic carbocycles. The van der Waals surface area contributed by atoms with Gasteiger partial charge < -0.3 is 10.2 Å². The third-order valence-corrected chi connectivity index (χ3v) is 5.26. The van der Waals surface area contributed by atoms with Crippen LogP contribution in [0.4, 0.5) is 0 Å². The number of unbranched alkanes of at least 4 members (excludes halogenated alkanes) is 1. The van der Waals surface area contributed by atoms with Gasteiger partial charge in [0.05, 0.1) is 0 Å². The van der Waals surface area contributed by atoms with Gasteiger partial charge in [0.15, 0.2) is 0 Å². The van der Waals surface area contributed by atoms with Crippen molar-refractivity contribution >= 4 is 0 Å². The van der Waals surface area contributed by atoms with Crippen LogP contribution in [0.15, 0.2) is 0 Å². The van der Waals surface area contributed by atoms with Gasteiger partial charge in [-0.25, -0.2) is 0 Å². The largest absolute Gasteiger partial charge is 0.314 e. The van der Waals surface area contributed by atoms with Gasteiger partial charge >= 0.3 is 0 Å². The van der Waals surface area contributed by atoms with Gasteiger partial charge in [0, 0.05) is 12.1 Å². The van der Waals surface area contributed by atoms with Gasteiger partial charge in [-0.15, -0.1) is 0 Å². The molecule has 2 heteroatoms. The lowest BCUT2D eigenvalue weighted by molar-refractivity contribution is 0.252. The molecule has 0 radical (unpaired) electrons. The maximum Gasteiger partial charge on any atom is 0.00698 e. The zero-order valence-corrected chi connectivity index (χ0v) is 13.3. The van der Waals surface area contributed by atoms with Crippen molar-refractivity contribution < 1.29 is 0 Å². The fourth-order valence-corrected chi connectivity index (χ4v) is 3.46. The maximum atomic E-state index is 3.82. The van der Waals surface area contributed by atoms with Crippen LogP contribution in [-0.4, -0.2) is 37.1 Å². The SMILES string of the molecule is CC(C)N(C)CCCCNC1CCCC(C2CC2)C1. The van der Waals surface area contributed by atoms with Gasteiger partial charge in [-0.05, 0) is 84.3 Å². The van der Waals surface area contributed by atoms with Crippen molar-refractivity contribution in [3.8, 4) is 0 Å². The number of hydrogen-bond donors (Lipinski definition) is 1. The van der Waals surface area contributed by atoms with Crippen LogP contribution in [0, 0.1) is 11.8 Å². The lowest BCUT2D eigenvalue weighted by atomic mass is 9.82. The molecule has 112 valence electrons. The molecular weight excluding hydrogens is 232 g/mol. The second kappa shape index (κ2) is 7.64. The second-order valence-electron chi connectivity index (χ2n) is 7.20. The molecule has 2 atom stereocenters. The van der Waals surface area contributed by atoms with E-state index in [1.807, 2.05) is 0 Å². The smallest absolute Gasteiger partial charge is 0.00698 e. The highest BCUT2D eigenvalue weighted by Gasteiger charge is 2.34. The van der Waals surface area contributed by atoms with Gasteiger partial charge in [0.25, 0.3) is 0 Å². The number of hydrogen-bond acceptors (Lipinski definition) is 2. The first-order chi connectivity index (χ1) is 9.16. The lowest BCUT2D eigenvalue weighted by Crippen LogP contribution is -2.35. The highest BCUT2D eigenvalue weighted by Crippen LogP contribution is 2.43. The Morgan fingerprint density at radius 1 is 1.05 bits per heavy atom. The number of nitrogens with zero attached hydrogens (tertiary/aromatic N) is 1. The predicted octanol–water partition coefficient (Wildman–Crippen LogP) is 3.67. The third kappa shape index (κ3) is 5.43. The van der Waals surface area contributed by atoms with Crippen LogP contribution in [-0.2, 0) is 0 Å². The predicted molar refractivity (Wildman–Crippen MR) is 83.5 cm³/mol. The summed E-state index contributed by atoms with van der Waals surface area (Å²) in [5.74, 6) is 2.18. The molecule has 0 spiro atoms. The van der Waals surface area contributed by atoms with Crippen LogP contribution >= 0.6 is 0 Å². The topological polar surface area (TPSA) is 15.3 Å². The molecule has 0 aromatic carbocycles. The van der Waals surface area contributed by atoms with Crippen molar-refractivity contribution in [3.63, 3.8) is 0 Å². The van der Waals surface area contributed by atoms with E-state index in [0.717, 1.165) is 17.9 Å². The highest BCUT2D eigenvalue weighted by atomic mass is 15.1. The Morgan fingerprint density at radius 2 is 1.84 bits per heavy atom. The second-order valence-corrected chi connectivity index (χ2v) is 7.20. The Morgan fingerprint density at radius 3 is 2.53 bits per heavy atom. The summed E-state index contributed by atoms with van der Waals surface area (Å²) < 4.78 is 0. The summed E-state index contributed by atoms with van der Waals surface area (Å²) in [6, 6.07) is 1.52. The molecule has 2 saturated carbocycles. The molecular formula is C17H34N2. The molecule has 19 heavy (non-hydrogen) atoms. The van der Waals surface area contributed by atoms with Crippen molar-refractivity contribution in [2.24, 2.45) is 11.8 Å². The minimum atomic E-state index is 0.686. The summed E-state index contributed by atoms with van der Waals surface area (Å²) in [4.78, 5) is 2.45. The molecule has 0 heterocycles. The van der Waals surface area contributed by atoms with E-state index < -0.39 is 0 Å². The zero-order chi connectivity index (χ0) is 13.7. The molecule has 2 fully saturated rings. The molecule has 0 aromatic heterocycles. The van der Waals surface area contributed by atoms with Crippen LogP contribution < -0.4 is 5.32 Å². The average molecular weight is 266 g/mol. The molecule has 0 saturated heterocycles. The molecule has 0 amide bonds. The monoisotopic (exact) mass is 266 g/mol. The van der Waals surface area contributed by atoms with E-state index in [4.69, 9.17) is 0 Å². The highest BCUT2D eigenvalue weighted by molar-refractivity contribution is 4.87. The van der Waals surface area contributed by atoms with Crippen molar-refractivity contribution in [3.05, 3.63) is 0 Å². The molecule has 2 nitrogen and oxygen atoms in total. The van der Waals surface area contributed by atoms with E-state index in [1.54, 1.807) is 0 Å². The average Bonchev–Trinajstić information content (AvgIpc) is 3.22. The van der Waals surface area contributed by atoms with E-state index in [9.17, 15) is 0 Å². The summed E-state index contributed by atoms with van der Waals surface area (Å²) >= 11 is 0. The van der Waals surface area contributed by atoms with E-state index in [-0.39, 0.29) is 0 Å². The Hall–Kier alpha value is -0.0800. The lowest BCUT2D eigenvalue weighted by Gasteiger charge is -2.30. The molecule has 0 bridgehead atoms. The molecule has 2 aliphatic rings. The van der Waals surface area contributed by atoms with Crippen LogP contribution in [0.1, 0.15) is 65.2 Å². The summed E-state index contributed by atoms with van der Waals surface area (Å²) in [5, 5.41) is 3.82. The van der Waals surface area contributed by atoms with Crippen LogP contribution in [0.5, 0.6) is 0 Å². The number of nitrogens with one attached hydrogen (secondary N) is 1. The van der Waals surface area contributed by atoms with Gasteiger partial charge in [-0.3, -0.25) is 0 Å². The summed E-state index contributed by atoms with van der Waals surface area (Å²) in [5.41, 5.74) is 0. The van der Waals surface area contributed by atoms with Crippen molar-refractivity contribution in [2.45, 2.75) is 77.3 Å². The van der Waals surface area contributed by atoms with Gasteiger partial charge in [-0.2, -0.15) is 0 Å². The Balaban J connectivity index is 1.50. The summed E-state index contributed by atoms with van der Waals surface area (Å²) in [7, 11) is 2.24. The van der Waals surface area contributed by atoms with Gasteiger partial charge in [0.2, 0.25) is 0 Å². The van der Waals surface area contributed by atoms with Crippen LogP contribution in [0.2, 0.25) is 0 Å². The quantitative estimate of drug-likeness (QED) is 0.674. The minimum absolute atomic E-state index is 0.686. The summed E-state index contributed by atoms with van der Waals surface area (Å²) in [6.45, 7) is 7.03. The van der Waals surface area contributed by atoms with E-state index >= 15 is 0 Å². The van der Waals surface area contributed by atoms with Crippen molar-refractivity contribution in [1.29, 1.82) is 0 Å². The molecule has 1 N–H and O–H groups in total. The van der Waals surface area contributed by atoms with Crippen LogP contribution in [0.3, 0.4) is 0 Å². The maximum absolute atomic E-state index is 3.82. The van der Waals surface area contributed by atoms with Gasteiger partial charge in [0.1, 0.15) is 0 Å². The standard InChI is InChI=1S/C17H34N2/c1-14(2)19(3)12-5-4-11-18-17-8-6-7-16(13-17)15-9-10-15/h14-18H,4-13H2,1-3H3. The van der Waals surface area contributed by atoms with Crippen molar-refractivity contribution in [2.75, 3.05) is 20.1 Å². The Labute approximate surface area is 120 Å². The molecule has 2 rings (SSSR count). The Kier molecular flexibility index (Phi) is 6.15. The third-order valence-electron chi connectivity index (χ3n) is 5.26. The van der Waals surface area contributed by atoms with Crippen LogP contribution in [0.25, 0.3) is 0 Å². The first-order valence-corrected chi connectivity index (χ1v) is 8.60. The van der Waals surface area contributed by atoms with Gasteiger partial charge in [-0.1, -0.05) is 12.8 Å². The first-order valence-electron chi connectivity index (χ1n) is 8.60. The Bertz CT molecular complexity index is 248. The molecule has 0 aromatic rings. The van der Waals surface area contributed by atoms with E-state index in [1.165, 1.54) is 64.5 Å². The fraction of sp³-hybridized carbons (Fsp3) is 1.00. The molecule has 0 aliphatic heterocycles. The normalized spacial score (nSPS) is 28.3. The van der Waals surface area contributed by atoms with E-state index in [0.29, 0.717) is 6.04 Å². The first kappa shape index (κ1) is 15.3.